The smallest absolute Gasteiger partial charge is 0.396 e. The van der Waals surface area contributed by atoms with Gasteiger partial charge in [-0.1, -0.05) is 6.07 Å². The number of piperidine rings is 1. The number of rotatable bonds is 3. The zero-order valence-electron chi connectivity index (χ0n) is 17.1. The van der Waals surface area contributed by atoms with Gasteiger partial charge in [-0.2, -0.15) is 18.4 Å². The minimum atomic E-state index is -4.66. The van der Waals surface area contributed by atoms with Crippen LogP contribution in [0.4, 0.5) is 23.2 Å². The Balaban J connectivity index is 1.58. The number of nitrogens with zero attached hydrogens (tertiary/aromatic N) is 3. The van der Waals surface area contributed by atoms with Crippen molar-refractivity contribution in [2.45, 2.75) is 12.6 Å². The zero-order valence-corrected chi connectivity index (χ0v) is 17.1. The fraction of sp³-hybridized carbons (Fsp3) is 0.391. The molecule has 32 heavy (non-hydrogen) atoms. The molecule has 0 saturated carbocycles. The van der Waals surface area contributed by atoms with Gasteiger partial charge in [0.25, 0.3) is 5.91 Å². The fourth-order valence-corrected chi connectivity index (χ4v) is 4.85. The Morgan fingerprint density at radius 2 is 2.00 bits per heavy atom. The summed E-state index contributed by atoms with van der Waals surface area (Å²) in [6.07, 6.45) is -4.08. The van der Waals surface area contributed by atoms with Crippen LogP contribution in [0.25, 0.3) is 0 Å². The molecule has 2 aromatic rings. The number of aliphatic hydroxyl groups is 1. The number of nitriles is 1. The van der Waals surface area contributed by atoms with E-state index in [0.717, 1.165) is 18.2 Å². The normalized spacial score (nSPS) is 23.1. The Hall–Kier alpha value is -3.12. The Morgan fingerprint density at radius 1 is 1.22 bits per heavy atom. The molecule has 5 nitrogen and oxygen atoms in total. The van der Waals surface area contributed by atoms with Crippen LogP contribution in [0.2, 0.25) is 0 Å². The summed E-state index contributed by atoms with van der Waals surface area (Å²) in [5.74, 6) is -0.880. The second-order valence-electron chi connectivity index (χ2n) is 8.46. The number of benzene rings is 2. The molecule has 0 aliphatic carbocycles. The molecule has 9 heteroatoms. The molecule has 0 spiro atoms. The molecular formula is C23H21F4N3O2. The maximum absolute atomic E-state index is 13.5. The van der Waals surface area contributed by atoms with Crippen molar-refractivity contribution in [1.29, 1.82) is 5.26 Å². The minimum absolute atomic E-state index is 0.0262. The first-order valence-electron chi connectivity index (χ1n) is 10.2. The summed E-state index contributed by atoms with van der Waals surface area (Å²) in [5, 5.41) is 19.3. The van der Waals surface area contributed by atoms with Crippen molar-refractivity contribution in [2.75, 3.05) is 37.7 Å². The van der Waals surface area contributed by atoms with Gasteiger partial charge in [0.05, 0.1) is 23.8 Å². The van der Waals surface area contributed by atoms with Crippen LogP contribution >= 0.6 is 0 Å². The lowest BCUT2D eigenvalue weighted by Gasteiger charge is -2.44. The van der Waals surface area contributed by atoms with Gasteiger partial charge in [0.2, 0.25) is 0 Å². The molecule has 0 bridgehead atoms. The summed E-state index contributed by atoms with van der Waals surface area (Å²) in [6.45, 7) is 1.11. The van der Waals surface area contributed by atoms with E-state index in [2.05, 4.69) is 0 Å². The molecule has 2 saturated heterocycles. The van der Waals surface area contributed by atoms with Gasteiger partial charge in [-0.25, -0.2) is 4.39 Å². The number of hydrogen-bond donors (Lipinski definition) is 1. The van der Waals surface area contributed by atoms with Crippen LogP contribution in [0.3, 0.4) is 0 Å². The number of alkyl halides is 3. The van der Waals surface area contributed by atoms with Crippen LogP contribution in [-0.2, 0) is 6.18 Å². The van der Waals surface area contributed by atoms with Crippen molar-refractivity contribution in [1.82, 2.24) is 4.90 Å². The Bertz CT molecular complexity index is 1080. The first-order valence-corrected chi connectivity index (χ1v) is 10.2. The maximum Gasteiger partial charge on any atom is 0.417 e. The lowest BCUT2D eigenvalue weighted by Crippen LogP contribution is -2.51. The van der Waals surface area contributed by atoms with Gasteiger partial charge in [0.15, 0.2) is 0 Å². The molecule has 2 heterocycles. The van der Waals surface area contributed by atoms with E-state index in [9.17, 15) is 27.5 Å². The van der Waals surface area contributed by atoms with Crippen molar-refractivity contribution in [3.63, 3.8) is 0 Å². The molecule has 2 atom stereocenters. The van der Waals surface area contributed by atoms with Gasteiger partial charge >= 0.3 is 6.18 Å². The maximum atomic E-state index is 13.5. The number of fused-ring (bicyclic) bond motifs is 1. The van der Waals surface area contributed by atoms with Crippen molar-refractivity contribution in [2.24, 2.45) is 11.3 Å². The van der Waals surface area contributed by atoms with E-state index in [0.29, 0.717) is 25.2 Å². The van der Waals surface area contributed by atoms with Crippen LogP contribution in [0.5, 0.6) is 0 Å². The van der Waals surface area contributed by atoms with Crippen molar-refractivity contribution in [3.05, 3.63) is 65.0 Å². The van der Waals surface area contributed by atoms with Crippen LogP contribution in [0, 0.1) is 28.5 Å². The van der Waals surface area contributed by atoms with Gasteiger partial charge < -0.3 is 14.9 Å². The van der Waals surface area contributed by atoms with Crippen LogP contribution in [0.15, 0.2) is 42.5 Å². The number of anilines is 1. The highest BCUT2D eigenvalue weighted by atomic mass is 19.4. The topological polar surface area (TPSA) is 67.6 Å². The van der Waals surface area contributed by atoms with Crippen LogP contribution in [0.1, 0.15) is 27.9 Å². The van der Waals surface area contributed by atoms with E-state index < -0.39 is 28.5 Å². The largest absolute Gasteiger partial charge is 0.417 e. The molecule has 0 aromatic heterocycles. The molecule has 4 rings (SSSR count). The summed E-state index contributed by atoms with van der Waals surface area (Å²) in [7, 11) is 0. The Kier molecular flexibility index (Phi) is 5.59. The molecule has 2 aliphatic rings. The molecule has 0 radical (unpaired) electrons. The second kappa shape index (κ2) is 8.10. The number of carbonyl (C=O) groups is 1. The van der Waals surface area contributed by atoms with Gasteiger partial charge in [0, 0.05) is 42.8 Å². The summed E-state index contributed by atoms with van der Waals surface area (Å²) in [5.41, 5.74) is -1.60. The zero-order chi connectivity index (χ0) is 23.1. The van der Waals surface area contributed by atoms with E-state index in [1.165, 1.54) is 24.3 Å². The van der Waals surface area contributed by atoms with Crippen LogP contribution < -0.4 is 4.90 Å². The van der Waals surface area contributed by atoms with E-state index in [1.807, 2.05) is 0 Å². The Labute approximate surface area is 182 Å². The van der Waals surface area contributed by atoms with Crippen LogP contribution in [-0.4, -0.2) is 48.7 Å². The molecule has 2 aliphatic heterocycles. The highest BCUT2D eigenvalue weighted by molar-refractivity contribution is 5.94. The number of hydrogen-bond acceptors (Lipinski definition) is 4. The van der Waals surface area contributed by atoms with Gasteiger partial charge in [-0.05, 0) is 48.7 Å². The molecule has 2 fully saturated rings. The van der Waals surface area contributed by atoms with E-state index in [-0.39, 0.29) is 37.1 Å². The SMILES string of the molecule is N#Cc1ccc(N2CC[C@@H]3CN(C(=O)c4cccc(F)c4)C[C@]3(CO)C2)cc1C(F)(F)F. The first-order chi connectivity index (χ1) is 15.2. The minimum Gasteiger partial charge on any atom is -0.396 e. The molecule has 1 amide bonds. The monoisotopic (exact) mass is 447 g/mol. The summed E-state index contributed by atoms with van der Waals surface area (Å²) >= 11 is 0. The predicted octanol–water partition coefficient (Wildman–Crippen LogP) is 3.68. The van der Waals surface area contributed by atoms with Crippen molar-refractivity contribution < 1.29 is 27.5 Å². The van der Waals surface area contributed by atoms with Gasteiger partial charge in [-0.15, -0.1) is 0 Å². The van der Waals surface area contributed by atoms with E-state index in [4.69, 9.17) is 5.26 Å². The third-order valence-corrected chi connectivity index (χ3v) is 6.53. The number of likely N-dealkylation sites (tertiary alicyclic amines) is 1. The number of halogens is 4. The summed E-state index contributed by atoms with van der Waals surface area (Å²) < 4.78 is 53.7. The van der Waals surface area contributed by atoms with Crippen molar-refractivity contribution in [3.8, 4) is 6.07 Å². The third-order valence-electron chi connectivity index (χ3n) is 6.53. The molecule has 1 N–H and O–H groups in total. The average Bonchev–Trinajstić information content (AvgIpc) is 3.17. The standard InChI is InChI=1S/C23H21F4N3O2/c24-18-3-1-2-15(8-18)21(32)30-11-17-6-7-29(12-22(17,13-30)14-31)19-5-4-16(10-28)20(9-19)23(25,26)27/h1-5,8-9,17,31H,6-7,11-14H2/t17-,22+/m1/s1. The Morgan fingerprint density at radius 3 is 2.66 bits per heavy atom. The third kappa shape index (κ3) is 3.91. The molecule has 2 aromatic carbocycles. The number of aliphatic hydroxyl groups excluding tert-OH is 1. The van der Waals surface area contributed by atoms with Gasteiger partial charge in [-0.3, -0.25) is 4.79 Å². The molecular weight excluding hydrogens is 426 g/mol. The number of amides is 1. The highest BCUT2D eigenvalue weighted by Gasteiger charge is 2.51. The highest BCUT2D eigenvalue weighted by Crippen LogP contribution is 2.44. The number of carbonyl (C=O) groups excluding carboxylic acids is 1. The second-order valence-corrected chi connectivity index (χ2v) is 8.46. The lowest BCUT2D eigenvalue weighted by molar-refractivity contribution is -0.137. The van der Waals surface area contributed by atoms with E-state index in [1.54, 1.807) is 15.9 Å². The molecule has 168 valence electrons. The van der Waals surface area contributed by atoms with E-state index >= 15 is 0 Å². The van der Waals surface area contributed by atoms with Gasteiger partial charge in [0.1, 0.15) is 5.82 Å². The average molecular weight is 447 g/mol. The predicted molar refractivity (Wildman–Crippen MR) is 108 cm³/mol. The quantitative estimate of drug-likeness (QED) is 0.729. The fourth-order valence-electron chi connectivity index (χ4n) is 4.85. The first kappa shape index (κ1) is 22.1. The summed E-state index contributed by atoms with van der Waals surface area (Å²) in [6, 6.07) is 10.6. The van der Waals surface area contributed by atoms with Crippen molar-refractivity contribution >= 4 is 11.6 Å². The summed E-state index contributed by atoms with van der Waals surface area (Å²) in [4.78, 5) is 16.2. The lowest BCUT2D eigenvalue weighted by atomic mass is 9.74. The molecule has 0 unspecified atom stereocenters.